The first-order chi connectivity index (χ1) is 8.34. The first-order valence-corrected chi connectivity index (χ1v) is 6.59. The van der Waals surface area contributed by atoms with Crippen molar-refractivity contribution in [1.29, 1.82) is 0 Å². The van der Waals surface area contributed by atoms with Crippen LogP contribution in [0.5, 0.6) is 0 Å². The van der Waals surface area contributed by atoms with Gasteiger partial charge in [-0.3, -0.25) is 0 Å². The summed E-state index contributed by atoms with van der Waals surface area (Å²) in [6, 6.07) is 0.654. The first-order valence-electron chi connectivity index (χ1n) is 6.59. The molecule has 0 aliphatic carbocycles. The molecule has 2 atom stereocenters. The lowest BCUT2D eigenvalue weighted by Crippen LogP contribution is -2.37. The normalized spacial score (nSPS) is 28.9. The summed E-state index contributed by atoms with van der Waals surface area (Å²) in [6.45, 7) is 2.93. The van der Waals surface area contributed by atoms with E-state index in [0.717, 1.165) is 26.0 Å². The van der Waals surface area contributed by atoms with Gasteiger partial charge in [-0.1, -0.05) is 6.42 Å². The van der Waals surface area contributed by atoms with E-state index in [2.05, 4.69) is 10.6 Å². The monoisotopic (exact) mass is 242 g/mol. The van der Waals surface area contributed by atoms with Gasteiger partial charge in [0.2, 0.25) is 0 Å². The number of piperidine rings is 1. The highest BCUT2D eigenvalue weighted by Gasteiger charge is 2.18. The van der Waals surface area contributed by atoms with Crippen molar-refractivity contribution in [3.8, 4) is 0 Å². The third-order valence-corrected chi connectivity index (χ3v) is 3.36. The van der Waals surface area contributed by atoms with Crippen LogP contribution >= 0.6 is 0 Å². The minimum atomic E-state index is -0.309. The average molecular weight is 242 g/mol. The molecule has 2 N–H and O–H groups in total. The van der Waals surface area contributed by atoms with Crippen molar-refractivity contribution in [2.75, 3.05) is 26.4 Å². The number of alkyl carbamates (subject to hydrolysis) is 1. The average Bonchev–Trinajstić information content (AvgIpc) is 2.83. The molecular weight excluding hydrogens is 220 g/mol. The van der Waals surface area contributed by atoms with Gasteiger partial charge in [-0.15, -0.1) is 0 Å². The molecule has 2 unspecified atom stereocenters. The summed E-state index contributed by atoms with van der Waals surface area (Å²) in [6.07, 6.45) is 5.23. The highest BCUT2D eigenvalue weighted by molar-refractivity contribution is 5.67. The molecule has 1 amide bonds. The number of nitrogens with one attached hydrogen (secondary N) is 2. The summed E-state index contributed by atoms with van der Waals surface area (Å²) in [4.78, 5) is 11.4. The standard InChI is InChI=1S/C12H22N2O3/c15-12(14-11-4-7-16-9-11)17-8-5-10-3-1-2-6-13-10/h10-11,13H,1-9H2,(H,14,15). The molecule has 0 spiro atoms. The van der Waals surface area contributed by atoms with Crippen LogP contribution in [0, 0.1) is 0 Å². The molecule has 5 nitrogen and oxygen atoms in total. The lowest BCUT2D eigenvalue weighted by molar-refractivity contribution is 0.132. The van der Waals surface area contributed by atoms with Crippen LogP contribution in [-0.4, -0.2) is 44.5 Å². The zero-order valence-electron chi connectivity index (χ0n) is 10.2. The fourth-order valence-corrected chi connectivity index (χ4v) is 2.32. The van der Waals surface area contributed by atoms with Crippen molar-refractivity contribution in [1.82, 2.24) is 10.6 Å². The van der Waals surface area contributed by atoms with Gasteiger partial charge in [0.25, 0.3) is 0 Å². The van der Waals surface area contributed by atoms with Crippen LogP contribution in [0.4, 0.5) is 4.79 Å². The van der Waals surface area contributed by atoms with Gasteiger partial charge in [0.05, 0.1) is 19.3 Å². The summed E-state index contributed by atoms with van der Waals surface area (Å²) in [5.41, 5.74) is 0. The second-order valence-corrected chi connectivity index (χ2v) is 4.78. The molecule has 2 aliphatic heterocycles. The Bertz CT molecular complexity index is 236. The highest BCUT2D eigenvalue weighted by atomic mass is 16.5. The minimum absolute atomic E-state index is 0.135. The van der Waals surface area contributed by atoms with Crippen molar-refractivity contribution < 1.29 is 14.3 Å². The lowest BCUT2D eigenvalue weighted by Gasteiger charge is -2.23. The van der Waals surface area contributed by atoms with E-state index in [-0.39, 0.29) is 12.1 Å². The van der Waals surface area contributed by atoms with Crippen molar-refractivity contribution in [2.45, 2.75) is 44.2 Å². The van der Waals surface area contributed by atoms with E-state index in [1.54, 1.807) is 0 Å². The number of amides is 1. The van der Waals surface area contributed by atoms with Crippen LogP contribution < -0.4 is 10.6 Å². The third kappa shape index (κ3) is 4.52. The van der Waals surface area contributed by atoms with Crippen molar-refractivity contribution >= 4 is 6.09 Å². The first kappa shape index (κ1) is 12.6. The molecule has 0 saturated carbocycles. The maximum atomic E-state index is 11.4. The topological polar surface area (TPSA) is 59.6 Å². The molecule has 0 bridgehead atoms. The molecule has 2 heterocycles. The van der Waals surface area contributed by atoms with Gasteiger partial charge in [-0.2, -0.15) is 0 Å². The van der Waals surface area contributed by atoms with Crippen LogP contribution in [0.2, 0.25) is 0 Å². The fourth-order valence-electron chi connectivity index (χ4n) is 2.32. The molecule has 5 heteroatoms. The van der Waals surface area contributed by atoms with Crippen LogP contribution in [0.15, 0.2) is 0 Å². The lowest BCUT2D eigenvalue weighted by atomic mass is 10.0. The SMILES string of the molecule is O=C(NC1CCOC1)OCCC1CCCCN1. The fraction of sp³-hybridized carbons (Fsp3) is 0.917. The Balaban J connectivity index is 1.53. The van der Waals surface area contributed by atoms with Gasteiger partial charge in [-0.25, -0.2) is 4.79 Å². The highest BCUT2D eigenvalue weighted by Crippen LogP contribution is 2.10. The Kier molecular flexibility index (Phi) is 5.07. The van der Waals surface area contributed by atoms with Gasteiger partial charge < -0.3 is 20.1 Å². The molecule has 2 fully saturated rings. The van der Waals surface area contributed by atoms with Crippen molar-refractivity contribution in [3.05, 3.63) is 0 Å². The Labute approximate surface area is 102 Å². The predicted molar refractivity (Wildman–Crippen MR) is 64.0 cm³/mol. The van der Waals surface area contributed by atoms with Crippen molar-refractivity contribution in [3.63, 3.8) is 0 Å². The van der Waals surface area contributed by atoms with Crippen LogP contribution in [0.3, 0.4) is 0 Å². The molecule has 2 saturated heterocycles. The molecular formula is C12H22N2O3. The smallest absolute Gasteiger partial charge is 0.407 e. The Hall–Kier alpha value is -0.810. The Morgan fingerprint density at radius 2 is 2.35 bits per heavy atom. The molecule has 0 aromatic rings. The molecule has 17 heavy (non-hydrogen) atoms. The number of carbonyl (C=O) groups excluding carboxylic acids is 1. The van der Waals surface area contributed by atoms with Crippen LogP contribution in [-0.2, 0) is 9.47 Å². The number of ether oxygens (including phenoxy) is 2. The third-order valence-electron chi connectivity index (χ3n) is 3.36. The summed E-state index contributed by atoms with van der Waals surface area (Å²) >= 11 is 0. The number of carbonyl (C=O) groups is 1. The molecule has 0 aromatic heterocycles. The molecule has 98 valence electrons. The maximum Gasteiger partial charge on any atom is 0.407 e. The molecule has 2 rings (SSSR count). The number of hydrogen-bond acceptors (Lipinski definition) is 4. The molecule has 0 aromatic carbocycles. The zero-order chi connectivity index (χ0) is 11.9. The van der Waals surface area contributed by atoms with Gasteiger partial charge in [0.1, 0.15) is 0 Å². The summed E-state index contributed by atoms with van der Waals surface area (Å²) in [5.74, 6) is 0. The number of rotatable bonds is 4. The zero-order valence-corrected chi connectivity index (χ0v) is 10.2. The summed E-state index contributed by atoms with van der Waals surface area (Å²) < 4.78 is 10.3. The van der Waals surface area contributed by atoms with E-state index in [1.165, 1.54) is 19.3 Å². The van der Waals surface area contributed by atoms with Gasteiger partial charge in [-0.05, 0) is 32.2 Å². The van der Waals surface area contributed by atoms with Gasteiger partial charge >= 0.3 is 6.09 Å². The Morgan fingerprint density at radius 3 is 3.06 bits per heavy atom. The predicted octanol–water partition coefficient (Wildman–Crippen LogP) is 1.03. The van der Waals surface area contributed by atoms with E-state index in [1.807, 2.05) is 0 Å². The second kappa shape index (κ2) is 6.81. The minimum Gasteiger partial charge on any atom is -0.449 e. The second-order valence-electron chi connectivity index (χ2n) is 4.78. The van der Waals surface area contributed by atoms with E-state index >= 15 is 0 Å². The number of hydrogen-bond donors (Lipinski definition) is 2. The largest absolute Gasteiger partial charge is 0.449 e. The van der Waals surface area contributed by atoms with E-state index in [0.29, 0.717) is 19.3 Å². The van der Waals surface area contributed by atoms with Crippen LogP contribution in [0.25, 0.3) is 0 Å². The molecule has 0 radical (unpaired) electrons. The molecule has 2 aliphatic rings. The summed E-state index contributed by atoms with van der Waals surface area (Å²) in [5, 5.41) is 6.24. The van der Waals surface area contributed by atoms with Gasteiger partial charge in [0.15, 0.2) is 0 Å². The maximum absolute atomic E-state index is 11.4. The van der Waals surface area contributed by atoms with Gasteiger partial charge in [0, 0.05) is 12.6 Å². The van der Waals surface area contributed by atoms with Crippen molar-refractivity contribution in [2.24, 2.45) is 0 Å². The van der Waals surface area contributed by atoms with Crippen LogP contribution in [0.1, 0.15) is 32.1 Å². The Morgan fingerprint density at radius 1 is 1.41 bits per heavy atom. The van der Waals surface area contributed by atoms with E-state index in [4.69, 9.17) is 9.47 Å². The van der Waals surface area contributed by atoms with E-state index in [9.17, 15) is 4.79 Å². The summed E-state index contributed by atoms with van der Waals surface area (Å²) in [7, 11) is 0. The van der Waals surface area contributed by atoms with E-state index < -0.39 is 0 Å². The quantitative estimate of drug-likeness (QED) is 0.773.